The molecule has 0 atom stereocenters. The number of rotatable bonds is 17. The number of hydrogen-bond donors (Lipinski definition) is 7. The van der Waals surface area contributed by atoms with Crippen molar-refractivity contribution in [2.24, 2.45) is 0 Å². The molecule has 0 saturated heterocycles. The van der Waals surface area contributed by atoms with E-state index in [-0.39, 0.29) is 0 Å². The van der Waals surface area contributed by atoms with Crippen molar-refractivity contribution in [1.82, 2.24) is 16.9 Å². The molecule has 0 rings (SSSR count). The molecule has 0 aliphatic heterocycles. The summed E-state index contributed by atoms with van der Waals surface area (Å²) in [6.07, 6.45) is -2.29. The highest BCUT2D eigenvalue weighted by molar-refractivity contribution is 5.88. The van der Waals surface area contributed by atoms with E-state index in [1.165, 1.54) is 0 Å². The predicted octanol–water partition coefficient (Wildman–Crippen LogP) is 0.189. The number of carbonyl (C=O) groups is 3. The first-order chi connectivity index (χ1) is 16.0. The van der Waals surface area contributed by atoms with E-state index in [9.17, 15) is 14.4 Å². The molecule has 7 N–H and O–H groups in total. The predicted molar refractivity (Wildman–Crippen MR) is 116 cm³/mol. The second-order valence-electron chi connectivity index (χ2n) is 5.33. The van der Waals surface area contributed by atoms with E-state index in [1.807, 2.05) is 41.5 Å². The van der Waals surface area contributed by atoms with E-state index in [0.717, 1.165) is 0 Å². The molecule has 16 nitrogen and oxygen atoms in total. The van der Waals surface area contributed by atoms with Gasteiger partial charge in [0.05, 0.1) is 52.5 Å². The number of aliphatic carboxylic acids is 3. The normalized spacial score (nSPS) is 9.97. The monoisotopic (exact) mass is 507 g/mol. The smallest absolute Gasteiger partial charge is 0.336 e. The largest absolute Gasteiger partial charge is 0.481 e. The zero-order chi connectivity index (χ0) is 27.3. The Kier molecular flexibility index (Phi) is 35.8. The number of carboxylic acid groups (broad SMARTS) is 3. The fraction of sp³-hybridized carbons (Fsp3) is 0.833. The molecule has 0 bridgehead atoms. The Morgan fingerprint density at radius 2 is 0.765 bits per heavy atom. The first kappa shape index (κ1) is 39.2. The number of carboxylic acids is 3. The Morgan fingerprint density at radius 1 is 0.559 bits per heavy atom. The van der Waals surface area contributed by atoms with Crippen LogP contribution in [0.2, 0.25) is 0 Å². The molecular formula is C18H41N3O13. The molecule has 0 aromatic carbocycles. The summed E-state index contributed by atoms with van der Waals surface area (Å²) in [7, 11) is 0. The van der Waals surface area contributed by atoms with Gasteiger partial charge in [-0.2, -0.15) is 0 Å². The summed E-state index contributed by atoms with van der Waals surface area (Å²) in [5.41, 5.74) is 4.12. The van der Waals surface area contributed by atoms with Crippen molar-refractivity contribution in [3.8, 4) is 0 Å². The molecule has 0 aromatic heterocycles. The van der Waals surface area contributed by atoms with Gasteiger partial charge in [-0.25, -0.2) is 4.79 Å². The zero-order valence-electron chi connectivity index (χ0n) is 20.6. The van der Waals surface area contributed by atoms with Crippen LogP contribution in [0.4, 0.5) is 0 Å². The summed E-state index contributed by atoms with van der Waals surface area (Å²) in [4.78, 5) is 58.1. The van der Waals surface area contributed by atoms with E-state index in [0.29, 0.717) is 39.6 Å². The van der Waals surface area contributed by atoms with E-state index in [1.54, 1.807) is 0 Å². The minimum Gasteiger partial charge on any atom is -0.481 e. The van der Waals surface area contributed by atoms with Gasteiger partial charge < -0.3 is 20.4 Å². The Bertz CT molecular complexity index is 419. The highest BCUT2D eigenvalue weighted by Crippen LogP contribution is 2.15. The summed E-state index contributed by atoms with van der Waals surface area (Å²) in [5, 5.41) is 33.8. The maximum atomic E-state index is 10.3. The van der Waals surface area contributed by atoms with Gasteiger partial charge in [0.1, 0.15) is 0 Å². The van der Waals surface area contributed by atoms with Crippen molar-refractivity contribution in [1.29, 1.82) is 0 Å². The molecule has 206 valence electrons. The number of nitrogens with one attached hydrogen (secondary N) is 3. The van der Waals surface area contributed by atoms with Crippen molar-refractivity contribution < 1.29 is 63.8 Å². The number of hydrogen-bond acceptors (Lipinski definition) is 13. The van der Waals surface area contributed by atoms with E-state index in [4.69, 9.17) is 20.4 Å². The highest BCUT2D eigenvalue weighted by atomic mass is 16.9. The average molecular weight is 508 g/mol. The second kappa shape index (κ2) is 31.0. The summed E-state index contributed by atoms with van der Waals surface area (Å²) >= 11 is 0. The zero-order valence-corrected chi connectivity index (χ0v) is 20.6. The molecule has 0 heterocycles. The molecule has 0 aliphatic rings. The molecular weight excluding hydrogens is 466 g/mol. The maximum absolute atomic E-state index is 10.3. The van der Waals surface area contributed by atoms with E-state index >= 15 is 0 Å². The van der Waals surface area contributed by atoms with Gasteiger partial charge in [0.15, 0.2) is 5.60 Å². The van der Waals surface area contributed by atoms with Crippen LogP contribution in [0.25, 0.3) is 0 Å². The fourth-order valence-electron chi connectivity index (χ4n) is 1.19. The molecule has 0 saturated carbocycles. The minimum atomic E-state index is -2.74. The molecule has 16 heteroatoms. The first-order valence-electron chi connectivity index (χ1n) is 10.4. The van der Waals surface area contributed by atoms with Gasteiger partial charge in [-0.05, 0) is 41.5 Å². The molecule has 0 aromatic rings. The van der Waals surface area contributed by atoms with Gasteiger partial charge in [-0.1, -0.05) is 16.9 Å². The lowest BCUT2D eigenvalue weighted by Gasteiger charge is -2.18. The van der Waals surface area contributed by atoms with E-state index < -0.39 is 36.4 Å². The fourth-order valence-corrected chi connectivity index (χ4v) is 1.19. The summed E-state index contributed by atoms with van der Waals surface area (Å²) < 4.78 is 0. The molecule has 0 amide bonds. The van der Waals surface area contributed by atoms with Crippen LogP contribution in [0.5, 0.6) is 0 Å². The quantitative estimate of drug-likeness (QED) is 0.103. The van der Waals surface area contributed by atoms with Gasteiger partial charge in [-0.15, -0.1) is 0 Å². The van der Waals surface area contributed by atoms with Crippen molar-refractivity contribution in [2.45, 2.75) is 60.0 Å². The SMILES string of the molecule is CCONOCC.CCONOCC.CCONOCC.O=C(O)CC(O)(CC(=O)O)C(=O)O. The van der Waals surface area contributed by atoms with Crippen molar-refractivity contribution in [2.75, 3.05) is 39.6 Å². The van der Waals surface area contributed by atoms with Crippen molar-refractivity contribution in [3.05, 3.63) is 0 Å². The van der Waals surface area contributed by atoms with Crippen LogP contribution in [0.15, 0.2) is 0 Å². The van der Waals surface area contributed by atoms with Crippen LogP contribution in [0, 0.1) is 0 Å². The summed E-state index contributed by atoms with van der Waals surface area (Å²) in [5.74, 6) is -5.02. The maximum Gasteiger partial charge on any atom is 0.336 e. The third-order valence-electron chi connectivity index (χ3n) is 2.51. The van der Waals surface area contributed by atoms with Crippen LogP contribution < -0.4 is 16.9 Å². The minimum absolute atomic E-state index is 0.625. The van der Waals surface area contributed by atoms with Crippen LogP contribution >= 0.6 is 0 Å². The highest BCUT2D eigenvalue weighted by Gasteiger charge is 2.40. The third-order valence-corrected chi connectivity index (χ3v) is 2.51. The Labute approximate surface area is 199 Å². The van der Waals surface area contributed by atoms with Crippen LogP contribution in [-0.4, -0.2) is 83.6 Å². The van der Waals surface area contributed by atoms with E-state index in [2.05, 4.69) is 46.0 Å². The van der Waals surface area contributed by atoms with Gasteiger partial charge in [0.25, 0.3) is 0 Å². The lowest BCUT2D eigenvalue weighted by Crippen LogP contribution is -2.42. The van der Waals surface area contributed by atoms with Crippen LogP contribution in [0.1, 0.15) is 54.4 Å². The summed E-state index contributed by atoms with van der Waals surface area (Å²) in [6.45, 7) is 15.0. The van der Waals surface area contributed by atoms with Crippen LogP contribution in [-0.2, 0) is 43.4 Å². The third kappa shape index (κ3) is 37.3. The molecule has 0 unspecified atom stereocenters. The molecule has 34 heavy (non-hydrogen) atoms. The van der Waals surface area contributed by atoms with Gasteiger partial charge >= 0.3 is 17.9 Å². The molecule has 0 fully saturated rings. The molecule has 0 spiro atoms. The Morgan fingerprint density at radius 3 is 0.882 bits per heavy atom. The molecule has 0 aliphatic carbocycles. The summed E-state index contributed by atoms with van der Waals surface area (Å²) in [6, 6.07) is 0. The van der Waals surface area contributed by atoms with Gasteiger partial charge in [-0.3, -0.25) is 38.6 Å². The molecule has 0 radical (unpaired) electrons. The Balaban J connectivity index is -0.000000186. The average Bonchev–Trinajstić information content (AvgIpc) is 2.75. The number of aliphatic hydroxyl groups is 1. The first-order valence-corrected chi connectivity index (χ1v) is 10.4. The van der Waals surface area contributed by atoms with Crippen molar-refractivity contribution in [3.63, 3.8) is 0 Å². The topological polar surface area (TPSA) is 224 Å². The van der Waals surface area contributed by atoms with Gasteiger partial charge in [0, 0.05) is 0 Å². The van der Waals surface area contributed by atoms with Crippen LogP contribution in [0.3, 0.4) is 0 Å². The van der Waals surface area contributed by atoms with Gasteiger partial charge in [0.2, 0.25) is 0 Å². The Hall–Kier alpha value is -1.99. The lowest BCUT2D eigenvalue weighted by molar-refractivity contribution is -0.170. The lowest BCUT2D eigenvalue weighted by atomic mass is 9.96. The standard InChI is InChI=1S/C6H8O7.3C4H11NO2/c7-3(8)1-6(13,5(11)12)2-4(9)10;3*1-3-6-5-7-4-2/h13H,1-2H2,(H,7,8)(H,9,10)(H,11,12);3*5H,3-4H2,1-2H3. The second-order valence-corrected chi connectivity index (χ2v) is 5.33. The van der Waals surface area contributed by atoms with Crippen molar-refractivity contribution >= 4 is 17.9 Å².